The van der Waals surface area contributed by atoms with Crippen molar-refractivity contribution in [1.82, 2.24) is 4.98 Å². The normalized spacial score (nSPS) is 10.3. The van der Waals surface area contributed by atoms with Gasteiger partial charge in [-0.25, -0.2) is 4.98 Å². The summed E-state index contributed by atoms with van der Waals surface area (Å²) in [6.07, 6.45) is 2.93. The van der Waals surface area contributed by atoms with Crippen molar-refractivity contribution < 1.29 is 14.3 Å². The number of carbonyl (C=O) groups excluding carboxylic acids is 1. The molecular weight excluding hydrogens is 244 g/mol. The van der Waals surface area contributed by atoms with Crippen LogP contribution in [0.2, 0.25) is 0 Å². The molecular formula is C14H22N2O3. The number of aromatic nitrogens is 1. The number of esters is 1. The van der Waals surface area contributed by atoms with E-state index >= 15 is 0 Å². The van der Waals surface area contributed by atoms with E-state index in [1.54, 1.807) is 13.1 Å². The standard InChI is InChI=1S/C14H22N2O3/c1-4-18-13(17)8-6-10-16-14-12(19-11(2)3)7-5-9-15-14/h5,7,9,11H,4,6,8,10H2,1-3H3,(H,15,16). The molecule has 0 aliphatic rings. The third kappa shape index (κ3) is 6.08. The molecule has 0 amide bonds. The monoisotopic (exact) mass is 266 g/mol. The van der Waals surface area contributed by atoms with Crippen molar-refractivity contribution in [2.45, 2.75) is 39.7 Å². The summed E-state index contributed by atoms with van der Waals surface area (Å²) in [7, 11) is 0. The van der Waals surface area contributed by atoms with Crippen LogP contribution in [0, 0.1) is 0 Å². The third-order valence-corrected chi connectivity index (χ3v) is 2.29. The fraction of sp³-hybridized carbons (Fsp3) is 0.571. The van der Waals surface area contributed by atoms with E-state index in [0.717, 1.165) is 5.75 Å². The number of nitrogens with zero attached hydrogens (tertiary/aromatic N) is 1. The Morgan fingerprint density at radius 2 is 2.26 bits per heavy atom. The molecule has 1 aromatic rings. The summed E-state index contributed by atoms with van der Waals surface area (Å²) in [5.41, 5.74) is 0. The van der Waals surface area contributed by atoms with Gasteiger partial charge in [-0.3, -0.25) is 4.79 Å². The van der Waals surface area contributed by atoms with Crippen molar-refractivity contribution in [3.8, 4) is 5.75 Å². The molecule has 0 radical (unpaired) electrons. The highest BCUT2D eigenvalue weighted by molar-refractivity contribution is 5.69. The summed E-state index contributed by atoms with van der Waals surface area (Å²) in [6.45, 7) is 6.83. The van der Waals surface area contributed by atoms with Crippen molar-refractivity contribution in [2.75, 3.05) is 18.5 Å². The molecule has 1 N–H and O–H groups in total. The van der Waals surface area contributed by atoms with Crippen LogP contribution in [0.4, 0.5) is 5.82 Å². The average molecular weight is 266 g/mol. The molecule has 0 fully saturated rings. The Morgan fingerprint density at radius 1 is 1.47 bits per heavy atom. The van der Waals surface area contributed by atoms with Gasteiger partial charge in [0, 0.05) is 19.2 Å². The molecule has 1 heterocycles. The fourth-order valence-corrected chi connectivity index (χ4v) is 1.55. The molecule has 0 spiro atoms. The molecule has 0 bridgehead atoms. The molecule has 0 saturated heterocycles. The van der Waals surface area contributed by atoms with Gasteiger partial charge in [0.05, 0.1) is 12.7 Å². The summed E-state index contributed by atoms with van der Waals surface area (Å²) in [4.78, 5) is 15.4. The number of rotatable bonds is 8. The van der Waals surface area contributed by atoms with Gasteiger partial charge < -0.3 is 14.8 Å². The van der Waals surface area contributed by atoms with E-state index in [2.05, 4.69) is 10.3 Å². The third-order valence-electron chi connectivity index (χ3n) is 2.29. The molecule has 5 nitrogen and oxygen atoms in total. The van der Waals surface area contributed by atoms with Crippen LogP contribution in [0.5, 0.6) is 5.75 Å². The quantitative estimate of drug-likeness (QED) is 0.579. The number of pyridine rings is 1. The van der Waals surface area contributed by atoms with Crippen LogP contribution in [-0.2, 0) is 9.53 Å². The van der Waals surface area contributed by atoms with Gasteiger partial charge in [-0.05, 0) is 39.3 Å². The minimum atomic E-state index is -0.163. The second-order valence-corrected chi connectivity index (χ2v) is 4.35. The van der Waals surface area contributed by atoms with E-state index in [1.807, 2.05) is 26.0 Å². The Morgan fingerprint density at radius 3 is 2.95 bits per heavy atom. The lowest BCUT2D eigenvalue weighted by Gasteiger charge is -2.14. The maximum atomic E-state index is 11.2. The summed E-state index contributed by atoms with van der Waals surface area (Å²) in [5.74, 6) is 1.28. The second-order valence-electron chi connectivity index (χ2n) is 4.35. The summed E-state index contributed by atoms with van der Waals surface area (Å²) in [5, 5.41) is 3.17. The van der Waals surface area contributed by atoms with Crippen LogP contribution in [-0.4, -0.2) is 30.2 Å². The SMILES string of the molecule is CCOC(=O)CCCNc1ncccc1OC(C)C. The molecule has 106 valence electrons. The Labute approximate surface area is 114 Å². The van der Waals surface area contributed by atoms with E-state index < -0.39 is 0 Å². The van der Waals surface area contributed by atoms with Gasteiger partial charge in [-0.15, -0.1) is 0 Å². The van der Waals surface area contributed by atoms with E-state index in [-0.39, 0.29) is 12.1 Å². The first kappa shape index (κ1) is 15.3. The first-order chi connectivity index (χ1) is 9.13. The van der Waals surface area contributed by atoms with E-state index in [1.165, 1.54) is 0 Å². The number of carbonyl (C=O) groups is 1. The van der Waals surface area contributed by atoms with Crippen molar-refractivity contribution in [3.63, 3.8) is 0 Å². The summed E-state index contributed by atoms with van der Waals surface area (Å²) in [6, 6.07) is 3.71. The van der Waals surface area contributed by atoms with Crippen molar-refractivity contribution in [2.24, 2.45) is 0 Å². The van der Waals surface area contributed by atoms with Gasteiger partial charge in [0.25, 0.3) is 0 Å². The molecule has 0 unspecified atom stereocenters. The highest BCUT2D eigenvalue weighted by Crippen LogP contribution is 2.21. The largest absolute Gasteiger partial charge is 0.487 e. The average Bonchev–Trinajstić information content (AvgIpc) is 2.36. The van der Waals surface area contributed by atoms with Crippen LogP contribution >= 0.6 is 0 Å². The Hall–Kier alpha value is -1.78. The van der Waals surface area contributed by atoms with Crippen LogP contribution < -0.4 is 10.1 Å². The predicted octanol–water partition coefficient (Wildman–Crippen LogP) is 2.62. The molecule has 0 aliphatic carbocycles. The maximum Gasteiger partial charge on any atom is 0.305 e. The lowest BCUT2D eigenvalue weighted by Crippen LogP contribution is -2.12. The summed E-state index contributed by atoms with van der Waals surface area (Å²) < 4.78 is 10.5. The molecule has 0 saturated carbocycles. The predicted molar refractivity (Wildman–Crippen MR) is 74.4 cm³/mol. The highest BCUT2D eigenvalue weighted by Gasteiger charge is 2.06. The lowest BCUT2D eigenvalue weighted by molar-refractivity contribution is -0.143. The van der Waals surface area contributed by atoms with Gasteiger partial charge in [0.1, 0.15) is 0 Å². The molecule has 0 atom stereocenters. The molecule has 0 aromatic carbocycles. The van der Waals surface area contributed by atoms with Crippen LogP contribution in [0.15, 0.2) is 18.3 Å². The van der Waals surface area contributed by atoms with Gasteiger partial charge in [0.15, 0.2) is 11.6 Å². The van der Waals surface area contributed by atoms with Gasteiger partial charge in [-0.2, -0.15) is 0 Å². The minimum Gasteiger partial charge on any atom is -0.487 e. The Kier molecular flexibility index (Phi) is 6.71. The summed E-state index contributed by atoms with van der Waals surface area (Å²) >= 11 is 0. The topological polar surface area (TPSA) is 60.5 Å². The zero-order valence-corrected chi connectivity index (χ0v) is 11.8. The van der Waals surface area contributed by atoms with Crippen LogP contribution in [0.25, 0.3) is 0 Å². The highest BCUT2D eigenvalue weighted by atomic mass is 16.5. The number of anilines is 1. The number of ether oxygens (including phenoxy) is 2. The smallest absolute Gasteiger partial charge is 0.305 e. The Bertz CT molecular complexity index is 394. The number of hydrogen-bond donors (Lipinski definition) is 1. The van der Waals surface area contributed by atoms with Gasteiger partial charge in [-0.1, -0.05) is 0 Å². The number of hydrogen-bond acceptors (Lipinski definition) is 5. The molecule has 1 aromatic heterocycles. The second kappa shape index (κ2) is 8.34. The molecule has 1 rings (SSSR count). The van der Waals surface area contributed by atoms with Gasteiger partial charge >= 0.3 is 5.97 Å². The van der Waals surface area contributed by atoms with E-state index in [4.69, 9.17) is 9.47 Å². The van der Waals surface area contributed by atoms with Crippen molar-refractivity contribution in [3.05, 3.63) is 18.3 Å². The maximum absolute atomic E-state index is 11.2. The van der Waals surface area contributed by atoms with E-state index in [9.17, 15) is 4.79 Å². The molecule has 5 heteroatoms. The lowest BCUT2D eigenvalue weighted by atomic mass is 10.3. The molecule has 0 aliphatic heterocycles. The fourth-order valence-electron chi connectivity index (χ4n) is 1.55. The first-order valence-corrected chi connectivity index (χ1v) is 6.64. The zero-order chi connectivity index (χ0) is 14.1. The van der Waals surface area contributed by atoms with E-state index in [0.29, 0.717) is 31.8 Å². The van der Waals surface area contributed by atoms with Crippen molar-refractivity contribution >= 4 is 11.8 Å². The van der Waals surface area contributed by atoms with Gasteiger partial charge in [0.2, 0.25) is 0 Å². The Balaban J connectivity index is 2.38. The first-order valence-electron chi connectivity index (χ1n) is 6.64. The number of nitrogens with one attached hydrogen (secondary N) is 1. The molecule has 19 heavy (non-hydrogen) atoms. The minimum absolute atomic E-state index is 0.101. The van der Waals surface area contributed by atoms with Crippen LogP contribution in [0.1, 0.15) is 33.6 Å². The van der Waals surface area contributed by atoms with Crippen molar-refractivity contribution in [1.29, 1.82) is 0 Å². The zero-order valence-electron chi connectivity index (χ0n) is 11.8. The van der Waals surface area contributed by atoms with Crippen LogP contribution in [0.3, 0.4) is 0 Å².